The summed E-state index contributed by atoms with van der Waals surface area (Å²) in [4.78, 5) is 32.8. The number of aliphatic hydroxyl groups excluding tert-OH is 3. The molecule has 0 spiro atoms. The second-order valence-corrected chi connectivity index (χ2v) is 6.22. The molecule has 7 N–H and O–H groups in total. The quantitative estimate of drug-likeness (QED) is 0.311. The number of hydrogen-bond donors (Lipinski definition) is 6. The summed E-state index contributed by atoms with van der Waals surface area (Å²) < 4.78 is 16.8. The number of nitrogens with zero attached hydrogens (tertiary/aromatic N) is 2. The monoisotopic (exact) mass is 323 g/mol. The smallest absolute Gasteiger partial charge is 0.356 e. The lowest BCUT2D eigenvalue weighted by atomic mass is 10.1. The van der Waals surface area contributed by atoms with Gasteiger partial charge in [0.05, 0.1) is 0 Å². The number of aliphatic hydroxyl groups is 3. The van der Waals surface area contributed by atoms with E-state index in [1.807, 2.05) is 0 Å². The molecule has 0 aliphatic carbocycles. The summed E-state index contributed by atoms with van der Waals surface area (Å²) >= 11 is 0. The molecule has 12 heteroatoms. The molecule has 1 aliphatic rings. The number of aromatic nitrogens is 2. The highest BCUT2D eigenvalue weighted by molar-refractivity contribution is 7.52. The zero-order chi connectivity index (χ0) is 15.9. The molecule has 0 unspecified atom stereocenters. The van der Waals surface area contributed by atoms with Crippen LogP contribution < -0.4 is 11.4 Å². The van der Waals surface area contributed by atoms with E-state index < -0.39 is 43.7 Å². The molecule has 0 aromatic carbocycles. The third-order valence-electron chi connectivity index (χ3n) is 3.04. The molecule has 0 saturated carbocycles. The fourth-order valence-corrected chi connectivity index (χ4v) is 2.60. The number of hydrogen-bond acceptors (Lipinski definition) is 8. The molecule has 0 radical (unpaired) electrons. The summed E-state index contributed by atoms with van der Waals surface area (Å²) in [7, 11) is -4.97. The van der Waals surface area contributed by atoms with Gasteiger partial charge in [0.25, 0.3) is 0 Å². The molecule has 2 heterocycles. The van der Waals surface area contributed by atoms with Gasteiger partial charge in [-0.25, -0.2) is 4.79 Å². The summed E-state index contributed by atoms with van der Waals surface area (Å²) in [6.45, 7) is 0. The molecule has 1 aromatic heterocycles. The van der Waals surface area contributed by atoms with E-state index in [2.05, 4.69) is 4.98 Å². The van der Waals surface area contributed by atoms with Crippen LogP contribution in [0.15, 0.2) is 17.1 Å². The van der Waals surface area contributed by atoms with E-state index in [0.29, 0.717) is 0 Å². The number of ether oxygens (including phenoxy) is 1. The van der Waals surface area contributed by atoms with Gasteiger partial charge < -0.3 is 35.6 Å². The Balaban J connectivity index is 2.32. The van der Waals surface area contributed by atoms with E-state index in [9.17, 15) is 24.7 Å². The minimum atomic E-state index is -4.97. The molecule has 1 saturated heterocycles. The zero-order valence-electron chi connectivity index (χ0n) is 10.4. The average molecular weight is 323 g/mol. The van der Waals surface area contributed by atoms with E-state index >= 15 is 0 Å². The summed E-state index contributed by atoms with van der Waals surface area (Å²) in [6, 6.07) is 1.23. The third-order valence-corrected chi connectivity index (χ3v) is 4.02. The van der Waals surface area contributed by atoms with E-state index in [-0.39, 0.29) is 5.82 Å². The normalized spacial score (nSPS) is 31.3. The lowest BCUT2D eigenvalue weighted by Crippen LogP contribution is -2.39. The molecule has 1 aromatic rings. The van der Waals surface area contributed by atoms with Crippen molar-refractivity contribution in [1.29, 1.82) is 0 Å². The van der Waals surface area contributed by atoms with Crippen LogP contribution in [0.4, 0.5) is 5.82 Å². The highest BCUT2D eigenvalue weighted by atomic mass is 31.2. The van der Waals surface area contributed by atoms with Gasteiger partial charge in [0.15, 0.2) is 12.1 Å². The maximum absolute atomic E-state index is 11.6. The molecule has 1 aliphatic heterocycles. The second kappa shape index (κ2) is 5.46. The number of nitrogens with two attached hydrogens (primary N) is 1. The van der Waals surface area contributed by atoms with E-state index in [1.165, 1.54) is 6.07 Å². The van der Waals surface area contributed by atoms with Crippen molar-refractivity contribution in [3.8, 4) is 0 Å². The van der Waals surface area contributed by atoms with Crippen molar-refractivity contribution < 1.29 is 34.4 Å². The summed E-state index contributed by atoms with van der Waals surface area (Å²) in [5.41, 5.74) is 4.41. The Bertz CT molecular complexity index is 630. The lowest BCUT2D eigenvalue weighted by molar-refractivity contribution is -0.0694. The van der Waals surface area contributed by atoms with Crippen molar-refractivity contribution in [3.05, 3.63) is 22.7 Å². The zero-order valence-corrected chi connectivity index (χ0v) is 11.3. The molecule has 5 atom stereocenters. The van der Waals surface area contributed by atoms with Gasteiger partial charge in [0, 0.05) is 6.20 Å². The van der Waals surface area contributed by atoms with Crippen LogP contribution in [0, 0.1) is 0 Å². The Morgan fingerprint density at radius 2 is 2.00 bits per heavy atom. The summed E-state index contributed by atoms with van der Waals surface area (Å²) in [6.07, 6.45) is -5.60. The largest absolute Gasteiger partial charge is 0.387 e. The second-order valence-electron chi connectivity index (χ2n) is 4.52. The van der Waals surface area contributed by atoms with Crippen molar-refractivity contribution in [1.82, 2.24) is 9.55 Å². The van der Waals surface area contributed by atoms with Gasteiger partial charge in [-0.05, 0) is 6.07 Å². The Kier molecular flexibility index (Phi) is 4.17. The highest BCUT2D eigenvalue weighted by Gasteiger charge is 2.51. The van der Waals surface area contributed by atoms with Crippen molar-refractivity contribution in [2.75, 3.05) is 5.73 Å². The van der Waals surface area contributed by atoms with Crippen LogP contribution in [-0.2, 0) is 9.30 Å². The van der Waals surface area contributed by atoms with Gasteiger partial charge in [-0.15, -0.1) is 0 Å². The van der Waals surface area contributed by atoms with E-state index in [4.69, 9.17) is 20.3 Å². The maximum atomic E-state index is 11.6. The van der Waals surface area contributed by atoms with Gasteiger partial charge in [0.1, 0.15) is 24.1 Å². The predicted octanol–water partition coefficient (Wildman–Crippen LogP) is -3.06. The molecular formula is C9H14N3O8P. The number of anilines is 1. The van der Waals surface area contributed by atoms with Gasteiger partial charge >= 0.3 is 13.3 Å². The lowest BCUT2D eigenvalue weighted by Gasteiger charge is -2.21. The van der Waals surface area contributed by atoms with E-state index in [1.54, 1.807) is 0 Å². The van der Waals surface area contributed by atoms with Gasteiger partial charge in [0.2, 0.25) is 0 Å². The molecule has 2 rings (SSSR count). The minimum Gasteiger partial charge on any atom is -0.387 e. The van der Waals surface area contributed by atoms with Crippen LogP contribution in [0.5, 0.6) is 0 Å². The standard InChI is InChI=1S/C9H14N3O8P/c10-3-1-2-12(9(16)11-3)7-5(14)4(13)6(20-7)8(15)21(17,18)19/h1-2,4-8,13-15H,(H2,10,11,16)(H2,17,18,19)/t4-,5+,6-,7+,8+/m0/s1. The van der Waals surface area contributed by atoms with Crippen LogP contribution in [0.1, 0.15) is 6.23 Å². The fraction of sp³-hybridized carbons (Fsp3) is 0.556. The molecule has 0 bridgehead atoms. The van der Waals surface area contributed by atoms with Crippen molar-refractivity contribution >= 4 is 13.4 Å². The van der Waals surface area contributed by atoms with Crippen molar-refractivity contribution in [2.24, 2.45) is 0 Å². The molecule has 21 heavy (non-hydrogen) atoms. The van der Waals surface area contributed by atoms with Crippen molar-refractivity contribution in [2.45, 2.75) is 30.4 Å². The predicted molar refractivity (Wildman–Crippen MR) is 66.9 cm³/mol. The molecular weight excluding hydrogens is 309 g/mol. The molecule has 118 valence electrons. The third kappa shape index (κ3) is 2.99. The first kappa shape index (κ1) is 16.0. The first-order valence-electron chi connectivity index (χ1n) is 5.72. The SMILES string of the molecule is Nc1ccn([C@@H]2O[C@H]([C@H](O)P(=O)(O)O)[C@@H](O)[C@H]2O)c(=O)n1. The number of rotatable bonds is 3. The van der Waals surface area contributed by atoms with Gasteiger partial charge in [-0.2, -0.15) is 4.98 Å². The van der Waals surface area contributed by atoms with Crippen LogP contribution in [0.3, 0.4) is 0 Å². The van der Waals surface area contributed by atoms with Gasteiger partial charge in [-0.3, -0.25) is 9.13 Å². The minimum absolute atomic E-state index is 0.0731. The van der Waals surface area contributed by atoms with Gasteiger partial charge in [-0.1, -0.05) is 0 Å². The van der Waals surface area contributed by atoms with Crippen LogP contribution in [0.2, 0.25) is 0 Å². The van der Waals surface area contributed by atoms with Crippen molar-refractivity contribution in [3.63, 3.8) is 0 Å². The Hall–Kier alpha value is -1.33. The Morgan fingerprint density at radius 3 is 2.52 bits per heavy atom. The van der Waals surface area contributed by atoms with Crippen LogP contribution >= 0.6 is 7.60 Å². The average Bonchev–Trinajstić information content (AvgIpc) is 2.65. The first-order valence-corrected chi connectivity index (χ1v) is 7.40. The van der Waals surface area contributed by atoms with E-state index in [0.717, 1.165) is 10.8 Å². The Morgan fingerprint density at radius 1 is 1.38 bits per heavy atom. The van der Waals surface area contributed by atoms with Crippen LogP contribution in [-0.4, -0.2) is 58.8 Å². The fourth-order valence-electron chi connectivity index (χ4n) is 1.97. The topological polar surface area (TPSA) is 188 Å². The summed E-state index contributed by atoms with van der Waals surface area (Å²) in [5.74, 6) is -2.42. The highest BCUT2D eigenvalue weighted by Crippen LogP contribution is 2.46. The molecule has 1 fully saturated rings. The van der Waals surface area contributed by atoms with Crippen LogP contribution in [0.25, 0.3) is 0 Å². The maximum Gasteiger partial charge on any atom is 0.356 e. The first-order chi connectivity index (χ1) is 9.62. The Labute approximate surface area is 117 Å². The summed E-state index contributed by atoms with van der Waals surface area (Å²) in [5, 5.41) is 29.0. The molecule has 11 nitrogen and oxygen atoms in total. The number of nitrogen functional groups attached to an aromatic ring is 1. The molecule has 0 amide bonds.